The van der Waals surface area contributed by atoms with Gasteiger partial charge in [-0.25, -0.2) is 4.98 Å². The molecule has 1 aliphatic rings. The molecule has 2 aromatic carbocycles. The predicted octanol–water partition coefficient (Wildman–Crippen LogP) is 5.29. The van der Waals surface area contributed by atoms with E-state index in [9.17, 15) is 31.1 Å². The fourth-order valence-electron chi connectivity index (χ4n) is 3.66. The van der Waals surface area contributed by atoms with Crippen molar-refractivity contribution in [2.45, 2.75) is 25.4 Å². The molecule has 0 atom stereocenters. The number of hydrogen-bond donors (Lipinski definition) is 1. The van der Waals surface area contributed by atoms with Crippen molar-refractivity contribution in [2.75, 3.05) is 12.3 Å². The van der Waals surface area contributed by atoms with Crippen molar-refractivity contribution in [3.63, 3.8) is 0 Å². The number of nitrogen functional groups attached to an aromatic ring is 1. The van der Waals surface area contributed by atoms with Crippen LogP contribution >= 0.6 is 0 Å². The van der Waals surface area contributed by atoms with E-state index in [0.717, 1.165) is 10.5 Å². The molecule has 0 saturated carbocycles. The molecule has 0 saturated heterocycles. The SMILES string of the molecule is Nc1ccc(-c2ccnc3c2CN(Cc2cc(C(F)(F)F)cc(C(F)(F)F)c2)C(=O)CO3)cc1. The smallest absolute Gasteiger partial charge is 0.416 e. The van der Waals surface area contributed by atoms with E-state index in [-0.39, 0.29) is 24.1 Å². The van der Waals surface area contributed by atoms with E-state index in [0.29, 0.717) is 28.9 Å². The van der Waals surface area contributed by atoms with Crippen molar-refractivity contribution < 1.29 is 35.9 Å². The predicted molar refractivity (Wildman–Crippen MR) is 110 cm³/mol. The summed E-state index contributed by atoms with van der Waals surface area (Å²) in [5.74, 6) is -0.447. The molecule has 11 heteroatoms. The number of benzene rings is 2. The van der Waals surface area contributed by atoms with Crippen LogP contribution < -0.4 is 10.5 Å². The molecule has 3 aromatic rings. The maximum Gasteiger partial charge on any atom is 0.416 e. The first kappa shape index (κ1) is 23.4. The molecule has 0 aliphatic carbocycles. The van der Waals surface area contributed by atoms with Crippen LogP contribution in [-0.4, -0.2) is 22.4 Å². The van der Waals surface area contributed by atoms with Gasteiger partial charge in [-0.1, -0.05) is 12.1 Å². The Hall–Kier alpha value is -3.76. The highest BCUT2D eigenvalue weighted by molar-refractivity contribution is 5.80. The Kier molecular flexibility index (Phi) is 5.88. The third-order valence-corrected chi connectivity index (χ3v) is 5.29. The van der Waals surface area contributed by atoms with Crippen LogP contribution in [0.1, 0.15) is 22.3 Å². The van der Waals surface area contributed by atoms with Gasteiger partial charge in [0, 0.05) is 24.0 Å². The molecule has 178 valence electrons. The monoisotopic (exact) mass is 481 g/mol. The van der Waals surface area contributed by atoms with E-state index in [1.165, 1.54) is 6.20 Å². The number of alkyl halides is 6. The largest absolute Gasteiger partial charge is 0.467 e. The van der Waals surface area contributed by atoms with Crippen LogP contribution in [0.5, 0.6) is 5.88 Å². The van der Waals surface area contributed by atoms with E-state index in [4.69, 9.17) is 10.5 Å². The molecule has 0 bridgehead atoms. The minimum Gasteiger partial charge on any atom is -0.467 e. The summed E-state index contributed by atoms with van der Waals surface area (Å²) in [6.07, 6.45) is -8.49. The van der Waals surface area contributed by atoms with Gasteiger partial charge in [-0.15, -0.1) is 0 Å². The first-order valence-corrected chi connectivity index (χ1v) is 9.94. The van der Waals surface area contributed by atoms with Gasteiger partial charge >= 0.3 is 12.4 Å². The van der Waals surface area contributed by atoms with E-state index < -0.39 is 42.5 Å². The molecular formula is C23H17F6N3O2. The number of halogens is 6. The minimum atomic E-state index is -4.99. The number of rotatable bonds is 3. The zero-order chi connectivity index (χ0) is 24.7. The van der Waals surface area contributed by atoms with E-state index in [1.807, 2.05) is 0 Å². The van der Waals surface area contributed by atoms with Crippen LogP contribution in [0.25, 0.3) is 11.1 Å². The highest BCUT2D eigenvalue weighted by atomic mass is 19.4. The zero-order valence-corrected chi connectivity index (χ0v) is 17.4. The van der Waals surface area contributed by atoms with Gasteiger partial charge in [-0.2, -0.15) is 26.3 Å². The third kappa shape index (κ3) is 4.92. The first-order chi connectivity index (χ1) is 15.9. The zero-order valence-electron chi connectivity index (χ0n) is 17.4. The Bertz CT molecular complexity index is 1190. The summed E-state index contributed by atoms with van der Waals surface area (Å²) in [6.45, 7) is -1.07. The number of aromatic nitrogens is 1. The summed E-state index contributed by atoms with van der Waals surface area (Å²) in [5, 5.41) is 0. The molecule has 34 heavy (non-hydrogen) atoms. The number of anilines is 1. The second-order valence-electron chi connectivity index (χ2n) is 7.72. The van der Waals surface area contributed by atoms with Crippen molar-refractivity contribution in [2.24, 2.45) is 0 Å². The average Bonchev–Trinajstić information content (AvgIpc) is 2.92. The van der Waals surface area contributed by atoms with Crippen molar-refractivity contribution in [1.82, 2.24) is 9.88 Å². The lowest BCUT2D eigenvalue weighted by Crippen LogP contribution is -2.32. The molecule has 0 fully saturated rings. The Morgan fingerprint density at radius 3 is 2.15 bits per heavy atom. The van der Waals surface area contributed by atoms with Crippen molar-refractivity contribution >= 4 is 11.6 Å². The molecule has 1 aromatic heterocycles. The van der Waals surface area contributed by atoms with Crippen molar-refractivity contribution in [1.29, 1.82) is 0 Å². The Morgan fingerprint density at radius 1 is 0.941 bits per heavy atom. The van der Waals surface area contributed by atoms with Gasteiger partial charge in [0.1, 0.15) is 0 Å². The Morgan fingerprint density at radius 2 is 1.56 bits per heavy atom. The van der Waals surface area contributed by atoms with Crippen LogP contribution in [0.4, 0.5) is 32.0 Å². The number of nitrogens with zero attached hydrogens (tertiary/aromatic N) is 2. The van der Waals surface area contributed by atoms with E-state index >= 15 is 0 Å². The number of ether oxygens (including phenoxy) is 1. The number of fused-ring (bicyclic) bond motifs is 1. The maximum absolute atomic E-state index is 13.2. The summed E-state index contributed by atoms with van der Waals surface area (Å²) in [4.78, 5) is 17.9. The van der Waals surface area contributed by atoms with Crippen LogP contribution in [0.2, 0.25) is 0 Å². The van der Waals surface area contributed by atoms with Gasteiger partial charge in [0.15, 0.2) is 6.61 Å². The number of hydrogen-bond acceptors (Lipinski definition) is 4. The number of nitrogens with two attached hydrogens (primary N) is 1. The van der Waals surface area contributed by atoms with E-state index in [1.54, 1.807) is 30.3 Å². The molecule has 2 N–H and O–H groups in total. The summed E-state index contributed by atoms with van der Waals surface area (Å²) in [6, 6.07) is 9.77. The highest BCUT2D eigenvalue weighted by Gasteiger charge is 2.37. The quantitative estimate of drug-likeness (QED) is 0.408. The van der Waals surface area contributed by atoms with Crippen LogP contribution in [0.15, 0.2) is 54.7 Å². The minimum absolute atomic E-state index is 0.0509. The van der Waals surface area contributed by atoms with Gasteiger partial charge < -0.3 is 15.4 Å². The van der Waals surface area contributed by atoms with Gasteiger partial charge in [0.2, 0.25) is 5.88 Å². The molecule has 0 radical (unpaired) electrons. The second-order valence-corrected chi connectivity index (χ2v) is 7.72. The number of carbonyl (C=O) groups is 1. The van der Waals surface area contributed by atoms with Gasteiger partial charge in [0.05, 0.1) is 17.7 Å². The molecule has 1 aliphatic heterocycles. The van der Waals surface area contributed by atoms with Crippen LogP contribution in [0.3, 0.4) is 0 Å². The Balaban J connectivity index is 1.72. The molecule has 2 heterocycles. The Labute approximate surface area is 189 Å². The molecule has 0 unspecified atom stereocenters. The van der Waals surface area contributed by atoms with Crippen LogP contribution in [-0.2, 0) is 30.2 Å². The van der Waals surface area contributed by atoms with Gasteiger partial charge in [0.25, 0.3) is 5.91 Å². The lowest BCUT2D eigenvalue weighted by Gasteiger charge is -2.22. The summed E-state index contributed by atoms with van der Waals surface area (Å²) >= 11 is 0. The number of carbonyl (C=O) groups excluding carboxylic acids is 1. The van der Waals surface area contributed by atoms with Crippen molar-refractivity contribution in [3.05, 3.63) is 77.0 Å². The fraction of sp³-hybridized carbons (Fsp3) is 0.217. The highest BCUT2D eigenvalue weighted by Crippen LogP contribution is 2.37. The molecule has 4 rings (SSSR count). The average molecular weight is 481 g/mol. The van der Waals surface area contributed by atoms with Gasteiger partial charge in [-0.05, 0) is 53.1 Å². The standard InChI is InChI=1S/C23H17F6N3O2/c24-22(25,26)15-7-13(8-16(9-15)23(27,28)29)10-32-11-19-18(14-1-3-17(30)4-2-14)5-6-31-21(19)34-12-20(32)33/h1-9H,10-12,30H2. The normalized spacial score (nSPS) is 14.4. The molecule has 5 nitrogen and oxygen atoms in total. The number of amides is 1. The summed E-state index contributed by atoms with van der Waals surface area (Å²) in [5.41, 5.74) is 4.90. The third-order valence-electron chi connectivity index (χ3n) is 5.29. The lowest BCUT2D eigenvalue weighted by atomic mass is 10.00. The summed E-state index contributed by atoms with van der Waals surface area (Å²) < 4.78 is 84.9. The van der Waals surface area contributed by atoms with E-state index in [2.05, 4.69) is 4.98 Å². The molecule has 1 amide bonds. The topological polar surface area (TPSA) is 68.5 Å². The summed E-state index contributed by atoms with van der Waals surface area (Å²) in [7, 11) is 0. The van der Waals surface area contributed by atoms with Crippen molar-refractivity contribution in [3.8, 4) is 17.0 Å². The first-order valence-electron chi connectivity index (χ1n) is 9.94. The van der Waals surface area contributed by atoms with Crippen LogP contribution in [0, 0.1) is 0 Å². The number of pyridine rings is 1. The van der Waals surface area contributed by atoms with Gasteiger partial charge in [-0.3, -0.25) is 4.79 Å². The lowest BCUT2D eigenvalue weighted by molar-refractivity contribution is -0.143. The molecular weight excluding hydrogens is 464 g/mol. The fourth-order valence-corrected chi connectivity index (χ4v) is 3.66. The maximum atomic E-state index is 13.2. The second kappa shape index (κ2) is 8.54. The molecule has 0 spiro atoms.